The molecular formula is C16H11ClN2O4. The first kappa shape index (κ1) is 13.9. The van der Waals surface area contributed by atoms with Gasteiger partial charge in [-0.05, 0) is 24.3 Å². The molecule has 2 amide bonds. The fourth-order valence-corrected chi connectivity index (χ4v) is 2.93. The van der Waals surface area contributed by atoms with E-state index in [4.69, 9.17) is 21.1 Å². The van der Waals surface area contributed by atoms with Crippen LogP contribution in [0.1, 0.15) is 10.4 Å². The molecule has 0 unspecified atom stereocenters. The molecule has 23 heavy (non-hydrogen) atoms. The normalized spacial score (nSPS) is 15.2. The summed E-state index contributed by atoms with van der Waals surface area (Å²) in [7, 11) is 0. The fraction of sp³-hybridized carbons (Fsp3) is 0.125. The number of carbonyl (C=O) groups excluding carboxylic acids is 2. The smallest absolute Gasteiger partial charge is 0.259 e. The van der Waals surface area contributed by atoms with Crippen LogP contribution in [0.3, 0.4) is 0 Å². The van der Waals surface area contributed by atoms with Crippen LogP contribution in [0.15, 0.2) is 36.4 Å². The molecule has 0 spiro atoms. The molecule has 116 valence electrons. The van der Waals surface area contributed by atoms with Gasteiger partial charge in [0.25, 0.3) is 5.91 Å². The van der Waals surface area contributed by atoms with Gasteiger partial charge in [0.15, 0.2) is 11.5 Å². The molecule has 0 aliphatic carbocycles. The average molecular weight is 331 g/mol. The minimum atomic E-state index is -0.326. The SMILES string of the molecule is O=C1CN(C(=O)c2cc(Cl)c3c(c2)OCO3)c2ccccc2N1. The summed E-state index contributed by atoms with van der Waals surface area (Å²) in [5, 5.41) is 3.05. The Bertz CT molecular complexity index is 837. The lowest BCUT2D eigenvalue weighted by Gasteiger charge is -2.29. The van der Waals surface area contributed by atoms with Crippen molar-refractivity contribution in [1.29, 1.82) is 0 Å². The lowest BCUT2D eigenvalue weighted by molar-refractivity contribution is -0.115. The molecule has 0 radical (unpaired) electrons. The summed E-state index contributed by atoms with van der Waals surface area (Å²) in [6, 6.07) is 10.2. The summed E-state index contributed by atoms with van der Waals surface area (Å²) >= 11 is 6.13. The van der Waals surface area contributed by atoms with Crippen LogP contribution < -0.4 is 19.7 Å². The second-order valence-electron chi connectivity index (χ2n) is 5.15. The van der Waals surface area contributed by atoms with E-state index < -0.39 is 0 Å². The van der Waals surface area contributed by atoms with E-state index in [9.17, 15) is 9.59 Å². The number of halogens is 1. The Labute approximate surface area is 136 Å². The number of nitrogens with one attached hydrogen (secondary N) is 1. The third-order valence-electron chi connectivity index (χ3n) is 3.69. The van der Waals surface area contributed by atoms with Crippen LogP contribution in [-0.4, -0.2) is 25.2 Å². The van der Waals surface area contributed by atoms with E-state index in [1.54, 1.807) is 24.3 Å². The van der Waals surface area contributed by atoms with E-state index in [0.29, 0.717) is 33.5 Å². The quantitative estimate of drug-likeness (QED) is 0.873. The number of benzene rings is 2. The second-order valence-corrected chi connectivity index (χ2v) is 5.56. The number of nitrogens with zero attached hydrogens (tertiary/aromatic N) is 1. The lowest BCUT2D eigenvalue weighted by Crippen LogP contribution is -2.42. The first-order valence-corrected chi connectivity index (χ1v) is 7.31. The summed E-state index contributed by atoms with van der Waals surface area (Å²) in [6.07, 6.45) is 0. The Balaban J connectivity index is 1.75. The summed E-state index contributed by atoms with van der Waals surface area (Å²) in [6.45, 7) is 0.0174. The zero-order valence-corrected chi connectivity index (χ0v) is 12.6. The maximum absolute atomic E-state index is 12.9. The Morgan fingerprint density at radius 3 is 2.91 bits per heavy atom. The standard InChI is InChI=1S/C16H11ClN2O4/c17-10-5-9(6-13-15(10)23-8-22-13)16(21)19-7-14(20)18-11-3-1-2-4-12(11)19/h1-6H,7-8H2,(H,18,20). The number of amides is 2. The van der Waals surface area contributed by atoms with E-state index in [2.05, 4.69) is 5.32 Å². The monoisotopic (exact) mass is 330 g/mol. The van der Waals surface area contributed by atoms with Crippen LogP contribution in [0, 0.1) is 0 Å². The highest BCUT2D eigenvalue weighted by molar-refractivity contribution is 6.33. The molecule has 0 saturated heterocycles. The zero-order valence-electron chi connectivity index (χ0n) is 11.8. The third kappa shape index (κ3) is 2.27. The Morgan fingerprint density at radius 2 is 2.04 bits per heavy atom. The number of anilines is 2. The first-order chi connectivity index (χ1) is 11.1. The van der Waals surface area contributed by atoms with Gasteiger partial charge >= 0.3 is 0 Å². The number of para-hydroxylation sites is 2. The third-order valence-corrected chi connectivity index (χ3v) is 3.97. The molecule has 2 heterocycles. The molecule has 7 heteroatoms. The highest BCUT2D eigenvalue weighted by Gasteiger charge is 2.29. The lowest BCUT2D eigenvalue weighted by atomic mass is 10.1. The number of fused-ring (bicyclic) bond motifs is 2. The van der Waals surface area contributed by atoms with Gasteiger partial charge in [0.1, 0.15) is 6.54 Å². The van der Waals surface area contributed by atoms with Crippen molar-refractivity contribution < 1.29 is 19.1 Å². The Morgan fingerprint density at radius 1 is 1.22 bits per heavy atom. The molecule has 2 aliphatic rings. The van der Waals surface area contributed by atoms with Gasteiger partial charge in [0.05, 0.1) is 16.4 Å². The molecule has 1 N–H and O–H groups in total. The average Bonchev–Trinajstić information content (AvgIpc) is 3.02. The number of hydrogen-bond acceptors (Lipinski definition) is 4. The summed E-state index contributed by atoms with van der Waals surface area (Å²) in [4.78, 5) is 26.1. The molecular weight excluding hydrogens is 320 g/mol. The first-order valence-electron chi connectivity index (χ1n) is 6.93. The van der Waals surface area contributed by atoms with Gasteiger partial charge in [-0.2, -0.15) is 0 Å². The van der Waals surface area contributed by atoms with E-state index in [-0.39, 0.29) is 25.2 Å². The van der Waals surface area contributed by atoms with Crippen molar-refractivity contribution in [2.45, 2.75) is 0 Å². The highest BCUT2D eigenvalue weighted by Crippen LogP contribution is 2.40. The van der Waals surface area contributed by atoms with Crippen LogP contribution in [0.25, 0.3) is 0 Å². The summed E-state index contributed by atoms with van der Waals surface area (Å²) in [5.74, 6) is 0.284. The molecule has 0 bridgehead atoms. The fourth-order valence-electron chi connectivity index (χ4n) is 2.66. The summed E-state index contributed by atoms with van der Waals surface area (Å²) < 4.78 is 10.5. The Hall–Kier alpha value is -2.73. The predicted octanol–water partition coefficient (Wildman–Crippen LogP) is 2.67. The van der Waals surface area contributed by atoms with Gasteiger partial charge in [0, 0.05) is 5.56 Å². The molecule has 4 rings (SSSR count). The number of carbonyl (C=O) groups is 2. The molecule has 0 fully saturated rings. The van der Waals surface area contributed by atoms with Crippen molar-refractivity contribution in [3.05, 3.63) is 47.0 Å². The van der Waals surface area contributed by atoms with E-state index >= 15 is 0 Å². The van der Waals surface area contributed by atoms with Crippen molar-refractivity contribution in [1.82, 2.24) is 0 Å². The Kier molecular flexibility index (Phi) is 3.12. The van der Waals surface area contributed by atoms with Crippen molar-refractivity contribution in [3.63, 3.8) is 0 Å². The molecule has 2 aromatic rings. The molecule has 0 atom stereocenters. The molecule has 2 aromatic carbocycles. The second kappa shape index (κ2) is 5.17. The van der Waals surface area contributed by atoms with E-state index in [1.165, 1.54) is 11.0 Å². The number of rotatable bonds is 1. The van der Waals surface area contributed by atoms with E-state index in [1.807, 2.05) is 6.07 Å². The predicted molar refractivity (Wildman–Crippen MR) is 84.3 cm³/mol. The van der Waals surface area contributed by atoms with Crippen molar-refractivity contribution in [2.24, 2.45) is 0 Å². The van der Waals surface area contributed by atoms with Crippen molar-refractivity contribution in [3.8, 4) is 11.5 Å². The van der Waals surface area contributed by atoms with Gasteiger partial charge in [-0.25, -0.2) is 0 Å². The van der Waals surface area contributed by atoms with Gasteiger partial charge in [0.2, 0.25) is 12.7 Å². The zero-order chi connectivity index (χ0) is 16.0. The van der Waals surface area contributed by atoms with Crippen LogP contribution >= 0.6 is 11.6 Å². The largest absolute Gasteiger partial charge is 0.454 e. The van der Waals surface area contributed by atoms with Crippen LogP contribution in [0.4, 0.5) is 11.4 Å². The van der Waals surface area contributed by atoms with Crippen LogP contribution in [-0.2, 0) is 4.79 Å². The highest BCUT2D eigenvalue weighted by atomic mass is 35.5. The van der Waals surface area contributed by atoms with Gasteiger partial charge < -0.3 is 14.8 Å². The van der Waals surface area contributed by atoms with Gasteiger partial charge in [-0.1, -0.05) is 23.7 Å². The van der Waals surface area contributed by atoms with Gasteiger partial charge in [-0.15, -0.1) is 0 Å². The molecule has 0 aromatic heterocycles. The van der Waals surface area contributed by atoms with Crippen molar-refractivity contribution in [2.75, 3.05) is 23.6 Å². The minimum Gasteiger partial charge on any atom is -0.454 e. The van der Waals surface area contributed by atoms with Crippen LogP contribution in [0.2, 0.25) is 5.02 Å². The van der Waals surface area contributed by atoms with Gasteiger partial charge in [-0.3, -0.25) is 14.5 Å². The molecule has 0 saturated carbocycles. The number of ether oxygens (including phenoxy) is 2. The van der Waals surface area contributed by atoms with Crippen molar-refractivity contribution >= 4 is 34.8 Å². The minimum absolute atomic E-state index is 0.0537. The summed E-state index contributed by atoms with van der Waals surface area (Å²) in [5.41, 5.74) is 1.58. The number of hydrogen-bond donors (Lipinski definition) is 1. The topological polar surface area (TPSA) is 67.9 Å². The van der Waals surface area contributed by atoms with E-state index in [0.717, 1.165) is 0 Å². The maximum Gasteiger partial charge on any atom is 0.259 e. The molecule has 6 nitrogen and oxygen atoms in total. The maximum atomic E-state index is 12.9. The van der Waals surface area contributed by atoms with Crippen LogP contribution in [0.5, 0.6) is 11.5 Å². The molecule has 2 aliphatic heterocycles.